The fourth-order valence-electron chi connectivity index (χ4n) is 4.46. The van der Waals surface area contributed by atoms with Crippen molar-refractivity contribution >= 4 is 21.6 Å². The van der Waals surface area contributed by atoms with Gasteiger partial charge in [0.25, 0.3) is 10.0 Å². The second-order valence-electron chi connectivity index (χ2n) is 9.04. The van der Waals surface area contributed by atoms with E-state index >= 15 is 0 Å². The second kappa shape index (κ2) is 11.5. The maximum absolute atomic E-state index is 13.5. The van der Waals surface area contributed by atoms with Crippen LogP contribution in [0.25, 0.3) is 0 Å². The molecule has 0 aromatic heterocycles. The standard InChI is InChI=1S/C28H33N3O3S/c1-23-11-6-7-16-27(23)31(35(33,34)26-14-4-2-5-15-26)22-28(32)29-20-24-12-10-13-25(19-24)21-30-17-8-3-9-18-30/h2,4-7,10-16,19H,3,8-9,17-18,20-22H2,1H3,(H,29,32). The average molecular weight is 492 g/mol. The highest BCUT2D eigenvalue weighted by atomic mass is 32.2. The molecule has 3 aromatic rings. The molecule has 1 amide bonds. The number of sulfonamides is 1. The molecule has 6 nitrogen and oxygen atoms in total. The van der Waals surface area contributed by atoms with Crippen LogP contribution in [0.2, 0.25) is 0 Å². The molecule has 1 aliphatic rings. The van der Waals surface area contributed by atoms with Crippen molar-refractivity contribution in [1.82, 2.24) is 10.2 Å². The zero-order valence-corrected chi connectivity index (χ0v) is 21.0. The highest BCUT2D eigenvalue weighted by Crippen LogP contribution is 2.26. The van der Waals surface area contributed by atoms with Crippen LogP contribution >= 0.6 is 0 Å². The molecule has 0 unspecified atom stereocenters. The fourth-order valence-corrected chi connectivity index (χ4v) is 5.97. The number of anilines is 1. The summed E-state index contributed by atoms with van der Waals surface area (Å²) >= 11 is 0. The first-order valence-corrected chi connectivity index (χ1v) is 13.6. The summed E-state index contributed by atoms with van der Waals surface area (Å²) in [5.41, 5.74) is 3.51. The lowest BCUT2D eigenvalue weighted by atomic mass is 10.1. The van der Waals surface area contributed by atoms with Gasteiger partial charge in [0.05, 0.1) is 10.6 Å². The third kappa shape index (κ3) is 6.50. The number of hydrogen-bond acceptors (Lipinski definition) is 4. The molecular formula is C28H33N3O3S. The van der Waals surface area contributed by atoms with Crippen molar-refractivity contribution in [3.8, 4) is 0 Å². The smallest absolute Gasteiger partial charge is 0.264 e. The molecule has 35 heavy (non-hydrogen) atoms. The summed E-state index contributed by atoms with van der Waals surface area (Å²) in [7, 11) is -3.91. The first kappa shape index (κ1) is 24.9. The normalized spacial score (nSPS) is 14.4. The van der Waals surface area contributed by atoms with Crippen LogP contribution in [0.1, 0.15) is 36.0 Å². The van der Waals surface area contributed by atoms with Gasteiger partial charge in [-0.05, 0) is 67.7 Å². The Labute approximate surface area is 208 Å². The molecule has 0 saturated carbocycles. The van der Waals surface area contributed by atoms with Crippen molar-refractivity contribution < 1.29 is 13.2 Å². The number of carbonyl (C=O) groups is 1. The van der Waals surface area contributed by atoms with Crippen molar-refractivity contribution in [3.05, 3.63) is 95.6 Å². The van der Waals surface area contributed by atoms with E-state index in [1.165, 1.54) is 29.1 Å². The number of para-hydroxylation sites is 1. The number of hydrogen-bond donors (Lipinski definition) is 1. The fraction of sp³-hybridized carbons (Fsp3) is 0.321. The Morgan fingerprint density at radius 2 is 1.57 bits per heavy atom. The van der Waals surface area contributed by atoms with Crippen molar-refractivity contribution in [1.29, 1.82) is 0 Å². The van der Waals surface area contributed by atoms with Gasteiger partial charge in [0.15, 0.2) is 0 Å². The first-order valence-electron chi connectivity index (χ1n) is 12.1. The van der Waals surface area contributed by atoms with Crippen LogP contribution in [0, 0.1) is 6.92 Å². The maximum atomic E-state index is 13.5. The lowest BCUT2D eigenvalue weighted by Gasteiger charge is -2.26. The SMILES string of the molecule is Cc1ccccc1N(CC(=O)NCc1cccc(CN2CCCCC2)c1)S(=O)(=O)c1ccccc1. The van der Waals surface area contributed by atoms with Crippen molar-refractivity contribution in [2.45, 2.75) is 44.2 Å². The Bertz CT molecular complexity index is 1240. The summed E-state index contributed by atoms with van der Waals surface area (Å²) in [5, 5.41) is 2.91. The van der Waals surface area contributed by atoms with Crippen LogP contribution in [0.5, 0.6) is 0 Å². The summed E-state index contributed by atoms with van der Waals surface area (Å²) in [6.45, 7) is 5.07. The van der Waals surface area contributed by atoms with Crippen LogP contribution < -0.4 is 9.62 Å². The predicted molar refractivity (Wildman–Crippen MR) is 140 cm³/mol. The van der Waals surface area contributed by atoms with Gasteiger partial charge >= 0.3 is 0 Å². The zero-order chi connectivity index (χ0) is 24.7. The van der Waals surface area contributed by atoms with Crippen molar-refractivity contribution in [2.24, 2.45) is 0 Å². The Kier molecular flexibility index (Phi) is 8.21. The summed E-state index contributed by atoms with van der Waals surface area (Å²) in [6, 6.07) is 23.7. The lowest BCUT2D eigenvalue weighted by molar-refractivity contribution is -0.119. The van der Waals surface area contributed by atoms with Crippen molar-refractivity contribution in [3.63, 3.8) is 0 Å². The molecule has 0 spiro atoms. The number of piperidine rings is 1. The minimum atomic E-state index is -3.91. The van der Waals surface area contributed by atoms with Gasteiger partial charge < -0.3 is 5.32 Å². The van der Waals surface area contributed by atoms with Gasteiger partial charge in [-0.2, -0.15) is 0 Å². The second-order valence-corrected chi connectivity index (χ2v) is 10.9. The molecule has 184 valence electrons. The zero-order valence-electron chi connectivity index (χ0n) is 20.2. The lowest BCUT2D eigenvalue weighted by Crippen LogP contribution is -2.41. The van der Waals surface area contributed by atoms with E-state index in [4.69, 9.17) is 0 Å². The topological polar surface area (TPSA) is 69.7 Å². The molecule has 1 saturated heterocycles. The van der Waals surface area contributed by atoms with Crippen LogP contribution in [-0.2, 0) is 27.9 Å². The molecule has 3 aromatic carbocycles. The van der Waals surface area contributed by atoms with Gasteiger partial charge in [-0.3, -0.25) is 14.0 Å². The maximum Gasteiger partial charge on any atom is 0.264 e. The molecular weight excluding hydrogens is 458 g/mol. The number of carbonyl (C=O) groups excluding carboxylic acids is 1. The van der Waals surface area contributed by atoms with Gasteiger partial charge in [0, 0.05) is 13.1 Å². The van der Waals surface area contributed by atoms with Crippen LogP contribution in [-0.4, -0.2) is 38.9 Å². The summed E-state index contributed by atoms with van der Waals surface area (Å²) in [4.78, 5) is 15.6. The summed E-state index contributed by atoms with van der Waals surface area (Å²) < 4.78 is 28.1. The minimum Gasteiger partial charge on any atom is -0.350 e. The van der Waals surface area contributed by atoms with E-state index in [0.717, 1.165) is 30.8 Å². The molecule has 1 fully saturated rings. The highest BCUT2D eigenvalue weighted by Gasteiger charge is 2.28. The predicted octanol–water partition coefficient (Wildman–Crippen LogP) is 4.49. The third-order valence-electron chi connectivity index (χ3n) is 6.34. The minimum absolute atomic E-state index is 0.154. The molecule has 0 radical (unpaired) electrons. The Morgan fingerprint density at radius 1 is 0.886 bits per heavy atom. The summed E-state index contributed by atoms with van der Waals surface area (Å²) in [6.07, 6.45) is 3.81. The van der Waals surface area contributed by atoms with Gasteiger partial charge in [0.2, 0.25) is 5.91 Å². The highest BCUT2D eigenvalue weighted by molar-refractivity contribution is 7.92. The van der Waals surface area contributed by atoms with E-state index < -0.39 is 10.0 Å². The monoisotopic (exact) mass is 491 g/mol. The Morgan fingerprint density at radius 3 is 2.31 bits per heavy atom. The molecule has 0 aliphatic carbocycles. The molecule has 1 aliphatic heterocycles. The number of nitrogens with one attached hydrogen (secondary N) is 1. The van der Waals surface area contributed by atoms with E-state index in [0.29, 0.717) is 12.2 Å². The van der Waals surface area contributed by atoms with Gasteiger partial charge in [-0.25, -0.2) is 8.42 Å². The third-order valence-corrected chi connectivity index (χ3v) is 8.11. The molecule has 1 heterocycles. The molecule has 4 rings (SSSR count). The number of aryl methyl sites for hydroxylation is 1. The molecule has 1 N–H and O–H groups in total. The van der Waals surface area contributed by atoms with E-state index in [1.807, 2.05) is 31.2 Å². The van der Waals surface area contributed by atoms with Crippen LogP contribution in [0.15, 0.2) is 83.8 Å². The van der Waals surface area contributed by atoms with E-state index in [1.54, 1.807) is 42.5 Å². The average Bonchev–Trinajstić information content (AvgIpc) is 2.88. The Balaban J connectivity index is 1.46. The molecule has 7 heteroatoms. The molecule has 0 bridgehead atoms. The van der Waals surface area contributed by atoms with Crippen LogP contribution in [0.3, 0.4) is 0 Å². The van der Waals surface area contributed by atoms with Gasteiger partial charge in [-0.15, -0.1) is 0 Å². The van der Waals surface area contributed by atoms with Crippen LogP contribution in [0.4, 0.5) is 5.69 Å². The van der Waals surface area contributed by atoms with E-state index in [-0.39, 0.29) is 17.3 Å². The number of nitrogens with zero attached hydrogens (tertiary/aromatic N) is 2. The van der Waals surface area contributed by atoms with E-state index in [2.05, 4.69) is 22.3 Å². The number of likely N-dealkylation sites (tertiary alicyclic amines) is 1. The molecule has 0 atom stereocenters. The first-order chi connectivity index (χ1) is 16.9. The van der Waals surface area contributed by atoms with Gasteiger partial charge in [-0.1, -0.05) is 67.1 Å². The summed E-state index contributed by atoms with van der Waals surface area (Å²) in [5.74, 6) is -0.353. The van der Waals surface area contributed by atoms with Crippen molar-refractivity contribution in [2.75, 3.05) is 23.9 Å². The number of amides is 1. The van der Waals surface area contributed by atoms with Gasteiger partial charge in [0.1, 0.15) is 6.54 Å². The Hall–Kier alpha value is -3.16. The number of rotatable bonds is 9. The quantitative estimate of drug-likeness (QED) is 0.479. The number of benzene rings is 3. The van der Waals surface area contributed by atoms with E-state index in [9.17, 15) is 13.2 Å². The largest absolute Gasteiger partial charge is 0.350 e.